The second-order valence-electron chi connectivity index (χ2n) is 6.91. The van der Waals surface area contributed by atoms with Gasteiger partial charge in [-0.05, 0) is 28.6 Å². The number of methoxy groups -OCH3 is 1. The minimum Gasteiger partial charge on any atom is -0.383 e. The summed E-state index contributed by atoms with van der Waals surface area (Å²) in [6, 6.07) is 5.69. The highest BCUT2D eigenvalue weighted by atomic mass is 19.4. The molecule has 0 amide bonds. The number of aromatic nitrogens is 4. The van der Waals surface area contributed by atoms with E-state index >= 15 is 0 Å². The summed E-state index contributed by atoms with van der Waals surface area (Å²) in [5, 5.41) is 12.1. The molecule has 2 heterocycles. The van der Waals surface area contributed by atoms with E-state index in [-0.39, 0.29) is 6.04 Å². The molecule has 0 unspecified atom stereocenters. The van der Waals surface area contributed by atoms with E-state index in [1.165, 1.54) is 17.0 Å². The standard InChI is InChI=1S/C18H25F3N6O/c1-3-16(17-22-23-24-27(17)11-12-28-2)26-9-7-25(8-10-26)15-6-4-5-14(13-15)18(19,20)21/h4-6,13,16H,3,7-12H2,1-2H3/p+1/t16-/m0/s1. The van der Waals surface area contributed by atoms with Gasteiger partial charge in [-0.3, -0.25) is 0 Å². The first-order chi connectivity index (χ1) is 13.4. The fraction of sp³-hybridized carbons (Fsp3) is 0.611. The molecule has 0 radical (unpaired) electrons. The third-order valence-electron chi connectivity index (χ3n) is 5.22. The van der Waals surface area contributed by atoms with Crippen molar-refractivity contribution in [3.05, 3.63) is 35.7 Å². The lowest BCUT2D eigenvalue weighted by molar-refractivity contribution is -0.933. The molecule has 7 nitrogen and oxygen atoms in total. The molecule has 10 heteroatoms. The van der Waals surface area contributed by atoms with E-state index in [2.05, 4.69) is 22.4 Å². The molecule has 1 N–H and O–H groups in total. The van der Waals surface area contributed by atoms with E-state index in [0.717, 1.165) is 31.4 Å². The van der Waals surface area contributed by atoms with Gasteiger partial charge in [0, 0.05) is 19.2 Å². The molecule has 1 atom stereocenters. The zero-order valence-electron chi connectivity index (χ0n) is 16.1. The predicted molar refractivity (Wildman–Crippen MR) is 97.1 cm³/mol. The maximum atomic E-state index is 13.0. The number of hydrogen-bond donors (Lipinski definition) is 1. The van der Waals surface area contributed by atoms with Gasteiger partial charge in [0.1, 0.15) is 6.04 Å². The van der Waals surface area contributed by atoms with E-state index in [0.29, 0.717) is 31.9 Å². The quantitative estimate of drug-likeness (QED) is 0.758. The summed E-state index contributed by atoms with van der Waals surface area (Å²) in [4.78, 5) is 3.36. The van der Waals surface area contributed by atoms with Crippen LogP contribution in [-0.2, 0) is 17.5 Å². The first-order valence-electron chi connectivity index (χ1n) is 9.45. The van der Waals surface area contributed by atoms with Crippen molar-refractivity contribution in [2.45, 2.75) is 32.1 Å². The third-order valence-corrected chi connectivity index (χ3v) is 5.22. The average Bonchev–Trinajstić information content (AvgIpc) is 3.15. The number of ether oxygens (including phenoxy) is 1. The zero-order chi connectivity index (χ0) is 20.1. The Bertz CT molecular complexity index is 758. The summed E-state index contributed by atoms with van der Waals surface area (Å²) in [7, 11) is 1.64. The van der Waals surface area contributed by atoms with Gasteiger partial charge in [0.05, 0.1) is 44.9 Å². The molecule has 3 rings (SSSR count). The number of quaternary nitrogens is 1. The van der Waals surface area contributed by atoms with Gasteiger partial charge >= 0.3 is 6.18 Å². The number of nitrogens with zero attached hydrogens (tertiary/aromatic N) is 5. The molecule has 0 bridgehead atoms. The molecule has 2 aromatic rings. The second kappa shape index (κ2) is 8.87. The second-order valence-corrected chi connectivity index (χ2v) is 6.91. The Hall–Kier alpha value is -2.20. The highest BCUT2D eigenvalue weighted by Gasteiger charge is 2.33. The number of halogens is 3. The van der Waals surface area contributed by atoms with Crippen LogP contribution in [0.4, 0.5) is 18.9 Å². The van der Waals surface area contributed by atoms with Crippen molar-refractivity contribution >= 4 is 5.69 Å². The molecular formula is C18H26F3N6O+. The van der Waals surface area contributed by atoms with E-state index in [1.54, 1.807) is 17.9 Å². The van der Waals surface area contributed by atoms with Crippen molar-refractivity contribution in [1.29, 1.82) is 0 Å². The molecule has 0 aliphatic carbocycles. The molecule has 1 aromatic carbocycles. The monoisotopic (exact) mass is 399 g/mol. The number of hydrogen-bond acceptors (Lipinski definition) is 5. The Labute approximate surface area is 162 Å². The number of alkyl halides is 3. The molecule has 28 heavy (non-hydrogen) atoms. The van der Waals surface area contributed by atoms with Crippen molar-refractivity contribution in [2.75, 3.05) is 44.8 Å². The largest absolute Gasteiger partial charge is 0.416 e. The van der Waals surface area contributed by atoms with Crippen LogP contribution in [0.3, 0.4) is 0 Å². The van der Waals surface area contributed by atoms with Crippen molar-refractivity contribution < 1.29 is 22.8 Å². The zero-order valence-corrected chi connectivity index (χ0v) is 16.1. The first-order valence-corrected chi connectivity index (χ1v) is 9.45. The number of piperazine rings is 1. The van der Waals surface area contributed by atoms with Crippen LogP contribution in [0.1, 0.15) is 30.8 Å². The summed E-state index contributed by atoms with van der Waals surface area (Å²) >= 11 is 0. The fourth-order valence-corrected chi connectivity index (χ4v) is 3.73. The van der Waals surface area contributed by atoms with Gasteiger partial charge in [-0.15, -0.1) is 5.10 Å². The lowest BCUT2D eigenvalue weighted by Crippen LogP contribution is -3.15. The number of tetrazole rings is 1. The van der Waals surface area contributed by atoms with Crippen molar-refractivity contribution in [3.63, 3.8) is 0 Å². The molecule has 1 aromatic heterocycles. The van der Waals surface area contributed by atoms with Gasteiger partial charge < -0.3 is 14.5 Å². The number of nitrogens with one attached hydrogen (secondary N) is 1. The van der Waals surface area contributed by atoms with E-state index in [4.69, 9.17) is 4.74 Å². The van der Waals surface area contributed by atoms with Gasteiger partial charge in [-0.25, -0.2) is 4.68 Å². The lowest BCUT2D eigenvalue weighted by Gasteiger charge is -2.37. The van der Waals surface area contributed by atoms with Crippen LogP contribution < -0.4 is 9.80 Å². The van der Waals surface area contributed by atoms with Crippen LogP contribution in [0, 0.1) is 0 Å². The highest BCUT2D eigenvalue weighted by Crippen LogP contribution is 2.31. The SMILES string of the molecule is CC[C@@H](c1nnnn1CCOC)[NH+]1CCN(c2cccc(C(F)(F)F)c2)CC1. The van der Waals surface area contributed by atoms with Crippen LogP contribution in [0.25, 0.3) is 0 Å². The lowest BCUT2D eigenvalue weighted by atomic mass is 10.1. The summed E-state index contributed by atoms with van der Waals surface area (Å²) < 4.78 is 45.8. The number of rotatable bonds is 7. The van der Waals surface area contributed by atoms with Crippen molar-refractivity contribution in [1.82, 2.24) is 20.2 Å². The average molecular weight is 399 g/mol. The Morgan fingerprint density at radius 1 is 1.25 bits per heavy atom. The normalized spacial score (nSPS) is 17.1. The Morgan fingerprint density at radius 2 is 2.00 bits per heavy atom. The Balaban J connectivity index is 1.67. The molecule has 0 spiro atoms. The van der Waals surface area contributed by atoms with Gasteiger partial charge in [-0.1, -0.05) is 13.0 Å². The first kappa shape index (κ1) is 20.5. The van der Waals surface area contributed by atoms with E-state index in [1.807, 2.05) is 4.90 Å². The summed E-state index contributed by atoms with van der Waals surface area (Å²) in [5.74, 6) is 0.835. The number of benzene rings is 1. The summed E-state index contributed by atoms with van der Waals surface area (Å²) in [5.41, 5.74) is 0.00961. The summed E-state index contributed by atoms with van der Waals surface area (Å²) in [6.07, 6.45) is -3.44. The fourth-order valence-electron chi connectivity index (χ4n) is 3.73. The smallest absolute Gasteiger partial charge is 0.383 e. The molecule has 1 aliphatic rings. The minimum atomic E-state index is -4.32. The van der Waals surface area contributed by atoms with Gasteiger partial charge in [0.2, 0.25) is 5.82 Å². The van der Waals surface area contributed by atoms with Crippen LogP contribution in [0.5, 0.6) is 0 Å². The van der Waals surface area contributed by atoms with Crippen LogP contribution in [-0.4, -0.2) is 60.1 Å². The maximum Gasteiger partial charge on any atom is 0.416 e. The van der Waals surface area contributed by atoms with Gasteiger partial charge in [0.15, 0.2) is 0 Å². The molecular weight excluding hydrogens is 373 g/mol. The Morgan fingerprint density at radius 3 is 2.64 bits per heavy atom. The van der Waals surface area contributed by atoms with Gasteiger partial charge in [0.25, 0.3) is 0 Å². The number of anilines is 1. The molecule has 154 valence electrons. The predicted octanol–water partition coefficient (Wildman–Crippen LogP) is 1.19. The third kappa shape index (κ3) is 4.61. The summed E-state index contributed by atoms with van der Waals surface area (Å²) in [6.45, 7) is 6.23. The van der Waals surface area contributed by atoms with E-state index < -0.39 is 11.7 Å². The molecule has 1 fully saturated rings. The minimum absolute atomic E-state index is 0.149. The maximum absolute atomic E-state index is 13.0. The van der Waals surface area contributed by atoms with Crippen LogP contribution in [0.15, 0.2) is 24.3 Å². The van der Waals surface area contributed by atoms with Crippen LogP contribution in [0.2, 0.25) is 0 Å². The topological polar surface area (TPSA) is 60.5 Å². The highest BCUT2D eigenvalue weighted by molar-refractivity contribution is 5.49. The van der Waals surface area contributed by atoms with Crippen molar-refractivity contribution in [2.24, 2.45) is 0 Å². The van der Waals surface area contributed by atoms with Crippen molar-refractivity contribution in [3.8, 4) is 0 Å². The Kier molecular flexibility index (Phi) is 6.50. The van der Waals surface area contributed by atoms with Crippen LogP contribution >= 0.6 is 0 Å². The van der Waals surface area contributed by atoms with Gasteiger partial charge in [-0.2, -0.15) is 13.2 Å². The van der Waals surface area contributed by atoms with E-state index in [9.17, 15) is 13.2 Å². The molecule has 1 aliphatic heterocycles. The molecule has 1 saturated heterocycles. The molecule has 0 saturated carbocycles.